The standard InChI is InChI=1S/C27H30N2O4/c1-18-9-6-10-19(2)24(18)29(27(31)23-15-8-16-33-23)25(20-11-7-14-22(17-20)32-3)26(30)28-21-12-4-5-13-21/h6-11,14-17,21,25H,4-5,12-13H2,1-3H3,(H,28,30)/t25-/m1/s1. The number of benzene rings is 2. The maximum absolute atomic E-state index is 13.8. The molecule has 0 spiro atoms. The van der Waals surface area contributed by atoms with Crippen molar-refractivity contribution < 1.29 is 18.7 Å². The van der Waals surface area contributed by atoms with Crippen molar-refractivity contribution in [3.63, 3.8) is 0 Å². The van der Waals surface area contributed by atoms with E-state index >= 15 is 0 Å². The summed E-state index contributed by atoms with van der Waals surface area (Å²) in [5.74, 6) is 0.224. The van der Waals surface area contributed by atoms with E-state index in [1.54, 1.807) is 24.1 Å². The fraction of sp³-hybridized carbons (Fsp3) is 0.333. The minimum Gasteiger partial charge on any atom is -0.497 e. The van der Waals surface area contributed by atoms with Crippen LogP contribution in [0.2, 0.25) is 0 Å². The second-order valence-corrected chi connectivity index (χ2v) is 8.56. The van der Waals surface area contributed by atoms with Crippen LogP contribution in [0.3, 0.4) is 0 Å². The summed E-state index contributed by atoms with van der Waals surface area (Å²) in [6.45, 7) is 3.89. The van der Waals surface area contributed by atoms with Gasteiger partial charge in [0, 0.05) is 6.04 Å². The Bertz CT molecular complexity index is 1100. The molecule has 172 valence electrons. The second-order valence-electron chi connectivity index (χ2n) is 8.56. The van der Waals surface area contributed by atoms with Gasteiger partial charge in [0.25, 0.3) is 5.91 Å². The highest BCUT2D eigenvalue weighted by molar-refractivity contribution is 6.09. The van der Waals surface area contributed by atoms with Crippen molar-refractivity contribution in [3.8, 4) is 5.75 Å². The van der Waals surface area contributed by atoms with Crippen molar-refractivity contribution in [1.29, 1.82) is 0 Å². The molecule has 1 saturated carbocycles. The maximum atomic E-state index is 13.8. The maximum Gasteiger partial charge on any atom is 0.294 e. The molecule has 3 aromatic rings. The van der Waals surface area contributed by atoms with Crippen LogP contribution in [-0.2, 0) is 4.79 Å². The number of furan rings is 1. The van der Waals surface area contributed by atoms with E-state index in [0.717, 1.165) is 36.8 Å². The molecule has 1 N–H and O–H groups in total. The molecule has 0 radical (unpaired) electrons. The average molecular weight is 447 g/mol. The molecular weight excluding hydrogens is 416 g/mol. The lowest BCUT2D eigenvalue weighted by molar-refractivity contribution is -0.123. The number of carbonyl (C=O) groups is 2. The summed E-state index contributed by atoms with van der Waals surface area (Å²) >= 11 is 0. The van der Waals surface area contributed by atoms with Crippen LogP contribution in [0.4, 0.5) is 5.69 Å². The summed E-state index contributed by atoms with van der Waals surface area (Å²) < 4.78 is 10.9. The van der Waals surface area contributed by atoms with Crippen molar-refractivity contribution in [2.24, 2.45) is 0 Å². The predicted octanol–water partition coefficient (Wildman–Crippen LogP) is 5.35. The van der Waals surface area contributed by atoms with Crippen molar-refractivity contribution in [2.45, 2.75) is 51.6 Å². The number of anilines is 1. The molecule has 1 aromatic heterocycles. The third-order valence-corrected chi connectivity index (χ3v) is 6.25. The summed E-state index contributed by atoms with van der Waals surface area (Å²) in [4.78, 5) is 29.2. The number of nitrogens with zero attached hydrogens (tertiary/aromatic N) is 1. The number of para-hydroxylation sites is 1. The van der Waals surface area contributed by atoms with Gasteiger partial charge < -0.3 is 14.5 Å². The topological polar surface area (TPSA) is 71.8 Å². The van der Waals surface area contributed by atoms with Gasteiger partial charge in [-0.15, -0.1) is 0 Å². The summed E-state index contributed by atoms with van der Waals surface area (Å²) in [6, 6.07) is 15.7. The van der Waals surface area contributed by atoms with Gasteiger partial charge in [0.1, 0.15) is 11.8 Å². The molecular formula is C27H30N2O4. The summed E-state index contributed by atoms with van der Waals surface area (Å²) in [6.07, 6.45) is 5.56. The zero-order valence-electron chi connectivity index (χ0n) is 19.3. The van der Waals surface area contributed by atoms with Crippen LogP contribution in [0.15, 0.2) is 65.3 Å². The Kier molecular flexibility index (Phi) is 6.82. The number of ether oxygens (including phenoxy) is 1. The van der Waals surface area contributed by atoms with Gasteiger partial charge in [0.05, 0.1) is 19.1 Å². The van der Waals surface area contributed by atoms with Crippen molar-refractivity contribution >= 4 is 17.5 Å². The zero-order valence-corrected chi connectivity index (χ0v) is 19.3. The van der Waals surface area contributed by atoms with Crippen molar-refractivity contribution in [1.82, 2.24) is 5.32 Å². The zero-order chi connectivity index (χ0) is 23.4. The average Bonchev–Trinajstić information content (AvgIpc) is 3.52. The van der Waals surface area contributed by atoms with E-state index in [1.807, 2.05) is 56.3 Å². The van der Waals surface area contributed by atoms with Crippen LogP contribution in [0.1, 0.15) is 59.0 Å². The fourth-order valence-corrected chi connectivity index (χ4v) is 4.63. The molecule has 1 heterocycles. The molecule has 6 nitrogen and oxygen atoms in total. The first-order valence-electron chi connectivity index (χ1n) is 11.4. The molecule has 6 heteroatoms. The van der Waals surface area contributed by atoms with E-state index in [4.69, 9.17) is 9.15 Å². The van der Waals surface area contributed by atoms with Crippen LogP contribution in [0.5, 0.6) is 5.75 Å². The van der Waals surface area contributed by atoms with Crippen LogP contribution >= 0.6 is 0 Å². The quantitative estimate of drug-likeness (QED) is 0.531. The van der Waals surface area contributed by atoms with Gasteiger partial charge in [-0.1, -0.05) is 43.2 Å². The Morgan fingerprint density at radius 1 is 1.03 bits per heavy atom. The van der Waals surface area contributed by atoms with Gasteiger partial charge in [0.15, 0.2) is 5.76 Å². The SMILES string of the molecule is COc1cccc([C@H](C(=O)NC2CCCC2)N(C(=O)c2ccco2)c2c(C)cccc2C)c1. The highest BCUT2D eigenvalue weighted by atomic mass is 16.5. The lowest BCUT2D eigenvalue weighted by Crippen LogP contribution is -2.46. The molecule has 1 atom stereocenters. The van der Waals surface area contributed by atoms with Crippen molar-refractivity contribution in [2.75, 3.05) is 12.0 Å². The Labute approximate surface area is 194 Å². The second kappa shape index (κ2) is 9.94. The minimum atomic E-state index is -0.891. The molecule has 0 saturated heterocycles. The van der Waals surface area contributed by atoms with Gasteiger partial charge in [-0.2, -0.15) is 0 Å². The number of aryl methyl sites for hydroxylation is 2. The first kappa shape index (κ1) is 22.6. The Balaban J connectivity index is 1.88. The summed E-state index contributed by atoms with van der Waals surface area (Å²) in [5, 5.41) is 3.20. The Morgan fingerprint density at radius 2 is 1.73 bits per heavy atom. The van der Waals surface area contributed by atoms with E-state index < -0.39 is 6.04 Å². The van der Waals surface area contributed by atoms with Crippen molar-refractivity contribution in [3.05, 3.63) is 83.3 Å². The monoisotopic (exact) mass is 446 g/mol. The normalized spacial score (nSPS) is 14.6. The van der Waals surface area contributed by atoms with Gasteiger partial charge in [0.2, 0.25) is 5.91 Å². The highest BCUT2D eigenvalue weighted by Crippen LogP contribution is 2.36. The molecule has 0 unspecified atom stereocenters. The lowest BCUT2D eigenvalue weighted by atomic mass is 9.99. The summed E-state index contributed by atoms with van der Waals surface area (Å²) in [7, 11) is 1.59. The van der Waals surface area contributed by atoms with E-state index in [9.17, 15) is 9.59 Å². The number of amides is 2. The Morgan fingerprint density at radius 3 is 2.36 bits per heavy atom. The number of carbonyl (C=O) groups excluding carboxylic acids is 2. The first-order chi connectivity index (χ1) is 16.0. The molecule has 1 aliphatic carbocycles. The number of hydrogen-bond donors (Lipinski definition) is 1. The van der Waals surface area contributed by atoms with Gasteiger partial charge in [-0.3, -0.25) is 14.5 Å². The summed E-state index contributed by atoms with van der Waals surface area (Å²) in [5.41, 5.74) is 3.17. The predicted molar refractivity (Wildman–Crippen MR) is 128 cm³/mol. The Hall–Kier alpha value is -3.54. The first-order valence-corrected chi connectivity index (χ1v) is 11.4. The molecule has 0 bridgehead atoms. The molecule has 0 aliphatic heterocycles. The molecule has 1 fully saturated rings. The molecule has 2 amide bonds. The number of nitrogens with one attached hydrogen (secondary N) is 1. The third kappa shape index (κ3) is 4.80. The lowest BCUT2D eigenvalue weighted by Gasteiger charge is -2.34. The molecule has 1 aliphatic rings. The third-order valence-electron chi connectivity index (χ3n) is 6.25. The minimum absolute atomic E-state index is 0.115. The van der Waals surface area contributed by atoms with Crippen LogP contribution in [0.25, 0.3) is 0 Å². The van der Waals surface area contributed by atoms with Crippen LogP contribution in [-0.4, -0.2) is 25.0 Å². The van der Waals surface area contributed by atoms with E-state index in [-0.39, 0.29) is 23.6 Å². The molecule has 33 heavy (non-hydrogen) atoms. The highest BCUT2D eigenvalue weighted by Gasteiger charge is 2.37. The number of hydrogen-bond acceptors (Lipinski definition) is 4. The smallest absolute Gasteiger partial charge is 0.294 e. The molecule has 2 aromatic carbocycles. The van der Waals surface area contributed by atoms with Crippen LogP contribution < -0.4 is 15.0 Å². The van der Waals surface area contributed by atoms with E-state index in [1.165, 1.54) is 6.26 Å². The van der Waals surface area contributed by atoms with Gasteiger partial charge >= 0.3 is 0 Å². The van der Waals surface area contributed by atoms with E-state index in [2.05, 4.69) is 5.32 Å². The van der Waals surface area contributed by atoms with E-state index in [0.29, 0.717) is 17.0 Å². The molecule has 4 rings (SSSR count). The van der Waals surface area contributed by atoms with Crippen LogP contribution in [0, 0.1) is 13.8 Å². The number of rotatable bonds is 7. The van der Waals surface area contributed by atoms with Gasteiger partial charge in [-0.05, 0) is 67.6 Å². The fourth-order valence-electron chi connectivity index (χ4n) is 4.63. The largest absolute Gasteiger partial charge is 0.497 e. The number of methoxy groups -OCH3 is 1. The van der Waals surface area contributed by atoms with Gasteiger partial charge in [-0.25, -0.2) is 0 Å².